The zero-order valence-electron chi connectivity index (χ0n) is 12.2. The molecule has 4 heteroatoms. The normalized spacial score (nSPS) is 27.5. The zero-order valence-corrected chi connectivity index (χ0v) is 13.8. The van der Waals surface area contributed by atoms with Gasteiger partial charge in [-0.3, -0.25) is 9.80 Å². The van der Waals surface area contributed by atoms with Crippen molar-refractivity contribution in [1.29, 1.82) is 0 Å². The Morgan fingerprint density at radius 1 is 1.25 bits per heavy atom. The summed E-state index contributed by atoms with van der Waals surface area (Å²) in [6, 6.07) is 9.94. The number of hydrogen-bond donors (Lipinski definition) is 1. The van der Waals surface area contributed by atoms with Crippen LogP contribution in [-0.2, 0) is 0 Å². The van der Waals surface area contributed by atoms with E-state index in [0.29, 0.717) is 6.04 Å². The maximum absolute atomic E-state index is 3.52. The number of nitrogens with one attached hydrogen (secondary N) is 1. The van der Waals surface area contributed by atoms with E-state index < -0.39 is 0 Å². The van der Waals surface area contributed by atoms with Crippen LogP contribution in [0.3, 0.4) is 0 Å². The standard InChI is InChI=1S/C16H24BrN3/c1-13-11-20-9-2-3-16(20)12-19(13)10-8-18-15-6-4-14(17)5-7-15/h4-7,13,16,18H,2-3,8-12H2,1H3. The molecular weight excluding hydrogens is 314 g/mol. The highest BCUT2D eigenvalue weighted by molar-refractivity contribution is 9.10. The number of fused-ring (bicyclic) bond motifs is 1. The molecule has 0 saturated carbocycles. The molecule has 1 aromatic carbocycles. The van der Waals surface area contributed by atoms with Gasteiger partial charge in [-0.15, -0.1) is 0 Å². The molecule has 0 bridgehead atoms. The van der Waals surface area contributed by atoms with Gasteiger partial charge in [0.25, 0.3) is 0 Å². The summed E-state index contributed by atoms with van der Waals surface area (Å²) in [7, 11) is 0. The van der Waals surface area contributed by atoms with Crippen molar-refractivity contribution >= 4 is 21.6 Å². The second kappa shape index (κ2) is 6.46. The number of rotatable bonds is 4. The van der Waals surface area contributed by atoms with Gasteiger partial charge >= 0.3 is 0 Å². The summed E-state index contributed by atoms with van der Waals surface area (Å²) in [6.07, 6.45) is 2.78. The number of halogens is 1. The summed E-state index contributed by atoms with van der Waals surface area (Å²) in [5.74, 6) is 0. The topological polar surface area (TPSA) is 18.5 Å². The van der Waals surface area contributed by atoms with Crippen LogP contribution in [0.5, 0.6) is 0 Å². The van der Waals surface area contributed by atoms with Gasteiger partial charge in [0, 0.05) is 48.4 Å². The van der Waals surface area contributed by atoms with Crippen molar-refractivity contribution in [1.82, 2.24) is 9.80 Å². The Bertz CT molecular complexity index is 434. The minimum absolute atomic E-state index is 0.691. The molecule has 110 valence electrons. The first-order valence-electron chi connectivity index (χ1n) is 7.70. The van der Waals surface area contributed by atoms with Crippen LogP contribution >= 0.6 is 15.9 Å². The van der Waals surface area contributed by atoms with Gasteiger partial charge in [0.2, 0.25) is 0 Å². The van der Waals surface area contributed by atoms with E-state index in [2.05, 4.69) is 62.2 Å². The third kappa shape index (κ3) is 3.35. The molecule has 1 N–H and O–H groups in total. The second-order valence-electron chi connectivity index (χ2n) is 6.07. The first-order chi connectivity index (χ1) is 9.72. The molecule has 3 nitrogen and oxygen atoms in total. The van der Waals surface area contributed by atoms with Crippen LogP contribution in [0.1, 0.15) is 19.8 Å². The van der Waals surface area contributed by atoms with Crippen molar-refractivity contribution in [2.75, 3.05) is 38.0 Å². The molecule has 0 aromatic heterocycles. The number of anilines is 1. The summed E-state index contributed by atoms with van der Waals surface area (Å²) < 4.78 is 1.13. The lowest BCUT2D eigenvalue weighted by Crippen LogP contribution is -2.55. The van der Waals surface area contributed by atoms with Crippen LogP contribution in [0, 0.1) is 0 Å². The van der Waals surface area contributed by atoms with E-state index in [4.69, 9.17) is 0 Å². The highest BCUT2D eigenvalue weighted by Gasteiger charge is 2.33. The van der Waals surface area contributed by atoms with E-state index in [1.165, 1.54) is 38.2 Å². The summed E-state index contributed by atoms with van der Waals surface area (Å²) in [5, 5.41) is 3.52. The van der Waals surface area contributed by atoms with Gasteiger partial charge in [-0.1, -0.05) is 15.9 Å². The van der Waals surface area contributed by atoms with Gasteiger partial charge < -0.3 is 5.32 Å². The quantitative estimate of drug-likeness (QED) is 0.910. The number of piperazine rings is 1. The van der Waals surface area contributed by atoms with Crippen LogP contribution in [0.4, 0.5) is 5.69 Å². The van der Waals surface area contributed by atoms with Crippen molar-refractivity contribution in [3.05, 3.63) is 28.7 Å². The zero-order chi connectivity index (χ0) is 13.9. The molecule has 2 heterocycles. The minimum atomic E-state index is 0.691. The van der Waals surface area contributed by atoms with Crippen molar-refractivity contribution in [2.45, 2.75) is 31.8 Å². The molecule has 20 heavy (non-hydrogen) atoms. The van der Waals surface area contributed by atoms with E-state index in [9.17, 15) is 0 Å². The van der Waals surface area contributed by atoms with E-state index in [1.807, 2.05) is 0 Å². The van der Waals surface area contributed by atoms with Crippen molar-refractivity contribution < 1.29 is 0 Å². The van der Waals surface area contributed by atoms with Crippen molar-refractivity contribution in [3.8, 4) is 0 Å². The van der Waals surface area contributed by atoms with Gasteiger partial charge in [0.05, 0.1) is 0 Å². The van der Waals surface area contributed by atoms with Gasteiger partial charge in [0.1, 0.15) is 0 Å². The van der Waals surface area contributed by atoms with E-state index in [0.717, 1.165) is 23.6 Å². The molecule has 2 fully saturated rings. The molecule has 1 aromatic rings. The maximum Gasteiger partial charge on any atom is 0.0341 e. The fraction of sp³-hybridized carbons (Fsp3) is 0.625. The average molecular weight is 338 g/mol. The Labute approximate surface area is 130 Å². The number of benzene rings is 1. The first-order valence-corrected chi connectivity index (χ1v) is 8.49. The fourth-order valence-corrected chi connectivity index (χ4v) is 3.74. The van der Waals surface area contributed by atoms with E-state index in [-0.39, 0.29) is 0 Å². The molecule has 0 radical (unpaired) electrons. The Balaban J connectivity index is 1.47. The molecule has 0 spiro atoms. The highest BCUT2D eigenvalue weighted by Crippen LogP contribution is 2.24. The van der Waals surface area contributed by atoms with Crippen LogP contribution in [0.2, 0.25) is 0 Å². The van der Waals surface area contributed by atoms with Gasteiger partial charge in [0.15, 0.2) is 0 Å². The summed E-state index contributed by atoms with van der Waals surface area (Å²) >= 11 is 3.47. The Morgan fingerprint density at radius 2 is 2.05 bits per heavy atom. The lowest BCUT2D eigenvalue weighted by molar-refractivity contribution is 0.0627. The maximum atomic E-state index is 3.52. The molecule has 3 rings (SSSR count). The minimum Gasteiger partial charge on any atom is -0.384 e. The molecule has 2 aliphatic heterocycles. The molecule has 0 amide bonds. The SMILES string of the molecule is CC1CN2CCCC2CN1CCNc1ccc(Br)cc1. The van der Waals surface area contributed by atoms with Crippen molar-refractivity contribution in [3.63, 3.8) is 0 Å². The summed E-state index contributed by atoms with van der Waals surface area (Å²) in [6.45, 7) is 8.36. The monoisotopic (exact) mass is 337 g/mol. The van der Waals surface area contributed by atoms with Crippen molar-refractivity contribution in [2.24, 2.45) is 0 Å². The highest BCUT2D eigenvalue weighted by atomic mass is 79.9. The lowest BCUT2D eigenvalue weighted by Gasteiger charge is -2.42. The van der Waals surface area contributed by atoms with E-state index in [1.54, 1.807) is 0 Å². The molecular formula is C16H24BrN3. The van der Waals surface area contributed by atoms with Gasteiger partial charge in [-0.25, -0.2) is 0 Å². The number of nitrogens with zero attached hydrogens (tertiary/aromatic N) is 2. The smallest absolute Gasteiger partial charge is 0.0341 e. The molecule has 2 unspecified atom stereocenters. The van der Waals surface area contributed by atoms with Crippen LogP contribution in [-0.4, -0.2) is 54.6 Å². The van der Waals surface area contributed by atoms with Crippen LogP contribution in [0.15, 0.2) is 28.7 Å². The Morgan fingerprint density at radius 3 is 2.85 bits per heavy atom. The van der Waals surface area contributed by atoms with Crippen LogP contribution in [0.25, 0.3) is 0 Å². The predicted molar refractivity (Wildman–Crippen MR) is 88.3 cm³/mol. The Hall–Kier alpha value is -0.580. The van der Waals surface area contributed by atoms with Gasteiger partial charge in [-0.05, 0) is 50.6 Å². The molecule has 2 aliphatic rings. The molecule has 0 aliphatic carbocycles. The third-order valence-corrected chi connectivity index (χ3v) is 5.17. The van der Waals surface area contributed by atoms with Gasteiger partial charge in [-0.2, -0.15) is 0 Å². The largest absolute Gasteiger partial charge is 0.384 e. The summed E-state index contributed by atoms with van der Waals surface area (Å²) in [5.41, 5.74) is 1.21. The molecule has 2 atom stereocenters. The molecule has 2 saturated heterocycles. The summed E-state index contributed by atoms with van der Waals surface area (Å²) in [4.78, 5) is 5.33. The second-order valence-corrected chi connectivity index (χ2v) is 6.98. The van der Waals surface area contributed by atoms with E-state index >= 15 is 0 Å². The predicted octanol–water partition coefficient (Wildman–Crippen LogP) is 3.03. The first kappa shape index (κ1) is 14.4. The lowest BCUT2D eigenvalue weighted by atomic mass is 10.1. The fourth-order valence-electron chi connectivity index (χ4n) is 3.47. The third-order valence-electron chi connectivity index (χ3n) is 4.64. The van der Waals surface area contributed by atoms with Crippen LogP contribution < -0.4 is 5.32 Å². The number of hydrogen-bond acceptors (Lipinski definition) is 3. The Kier molecular flexibility index (Phi) is 4.64. The average Bonchev–Trinajstić information content (AvgIpc) is 2.88.